The number of carbonyl (C=O) groups is 1. The Labute approximate surface area is 196 Å². The number of aromatic nitrogens is 4. The molecule has 2 aromatic heterocycles. The van der Waals surface area contributed by atoms with E-state index in [1.54, 1.807) is 29.3 Å². The number of H-pyrrole nitrogens is 1. The molecule has 1 saturated heterocycles. The van der Waals surface area contributed by atoms with Crippen molar-refractivity contribution in [3.8, 4) is 22.6 Å². The summed E-state index contributed by atoms with van der Waals surface area (Å²) in [4.78, 5) is 31.3. The van der Waals surface area contributed by atoms with Gasteiger partial charge in [0.05, 0.1) is 35.7 Å². The van der Waals surface area contributed by atoms with E-state index in [1.165, 1.54) is 12.1 Å². The zero-order chi connectivity index (χ0) is 23.9. The first-order valence-electron chi connectivity index (χ1n) is 11.2. The number of hydrogen-bond donors (Lipinski definition) is 2. The highest BCUT2D eigenvalue weighted by atomic mass is 19.1. The molecule has 9 nitrogen and oxygen atoms in total. The molecule has 3 aromatic rings. The average molecular weight is 467 g/mol. The predicted molar refractivity (Wildman–Crippen MR) is 123 cm³/mol. The average Bonchev–Trinajstić information content (AvgIpc) is 3.54. The van der Waals surface area contributed by atoms with Crippen LogP contribution in [0.25, 0.3) is 22.6 Å². The van der Waals surface area contributed by atoms with Gasteiger partial charge in [-0.25, -0.2) is 19.3 Å². The largest absolute Gasteiger partial charge is 0.353 e. The third-order valence-electron chi connectivity index (χ3n) is 5.93. The second kappa shape index (κ2) is 8.77. The molecular formula is C24H27FN6O3. The summed E-state index contributed by atoms with van der Waals surface area (Å²) in [5.74, 6) is 0.601. The topological polar surface area (TPSA) is 105 Å². The van der Waals surface area contributed by atoms with Crippen molar-refractivity contribution >= 4 is 11.9 Å². The Morgan fingerprint density at radius 3 is 2.50 bits per heavy atom. The number of ether oxygens (including phenoxy) is 2. The van der Waals surface area contributed by atoms with Crippen molar-refractivity contribution in [1.82, 2.24) is 25.3 Å². The molecule has 1 aliphatic heterocycles. The Balaban J connectivity index is 1.44. The summed E-state index contributed by atoms with van der Waals surface area (Å²) < 4.78 is 25.4. The lowest BCUT2D eigenvalue weighted by Crippen LogP contribution is -2.49. The van der Waals surface area contributed by atoms with Crippen molar-refractivity contribution in [1.29, 1.82) is 0 Å². The third kappa shape index (κ3) is 4.51. The lowest BCUT2D eigenvalue weighted by atomic mass is 9.91. The number of nitrogens with zero attached hydrogens (tertiary/aromatic N) is 4. The van der Waals surface area contributed by atoms with Crippen molar-refractivity contribution in [2.24, 2.45) is 5.41 Å². The molecule has 34 heavy (non-hydrogen) atoms. The van der Waals surface area contributed by atoms with E-state index in [2.05, 4.69) is 20.3 Å². The fourth-order valence-electron chi connectivity index (χ4n) is 3.69. The zero-order valence-corrected chi connectivity index (χ0v) is 19.3. The van der Waals surface area contributed by atoms with Crippen molar-refractivity contribution < 1.29 is 18.7 Å². The first-order chi connectivity index (χ1) is 16.3. The van der Waals surface area contributed by atoms with Crippen LogP contribution in [-0.4, -0.2) is 59.2 Å². The van der Waals surface area contributed by atoms with E-state index in [4.69, 9.17) is 14.5 Å². The van der Waals surface area contributed by atoms with E-state index in [1.807, 2.05) is 21.0 Å². The quantitative estimate of drug-likeness (QED) is 0.575. The Morgan fingerprint density at radius 1 is 1.15 bits per heavy atom. The fraction of sp³-hybridized carbons (Fsp3) is 0.417. The molecule has 3 heterocycles. The van der Waals surface area contributed by atoms with Crippen LogP contribution in [0.4, 0.5) is 10.3 Å². The maximum absolute atomic E-state index is 13.6. The van der Waals surface area contributed by atoms with Crippen LogP contribution in [0.5, 0.6) is 0 Å². The van der Waals surface area contributed by atoms with Gasteiger partial charge in [0, 0.05) is 31.9 Å². The van der Waals surface area contributed by atoms with Gasteiger partial charge in [-0.3, -0.25) is 4.79 Å². The minimum absolute atomic E-state index is 0.0576. The highest BCUT2D eigenvalue weighted by Gasteiger charge is 2.42. The van der Waals surface area contributed by atoms with Crippen LogP contribution in [0.2, 0.25) is 0 Å². The van der Waals surface area contributed by atoms with Crippen LogP contribution in [0, 0.1) is 11.2 Å². The van der Waals surface area contributed by atoms with Gasteiger partial charge in [0.2, 0.25) is 18.1 Å². The van der Waals surface area contributed by atoms with Crippen LogP contribution in [0.3, 0.4) is 0 Å². The second-order valence-corrected chi connectivity index (χ2v) is 9.25. The molecular weight excluding hydrogens is 439 g/mol. The van der Waals surface area contributed by atoms with E-state index in [0.29, 0.717) is 34.4 Å². The number of aromatic amines is 1. The Morgan fingerprint density at radius 2 is 1.85 bits per heavy atom. The van der Waals surface area contributed by atoms with E-state index in [9.17, 15) is 9.18 Å². The number of amides is 1. The summed E-state index contributed by atoms with van der Waals surface area (Å²) in [7, 11) is 3.72. The number of benzene rings is 1. The minimum atomic E-state index is -0.773. The van der Waals surface area contributed by atoms with Gasteiger partial charge in [-0.15, -0.1) is 0 Å². The van der Waals surface area contributed by atoms with Gasteiger partial charge in [-0.05, 0) is 50.1 Å². The Hall–Kier alpha value is -3.37. The van der Waals surface area contributed by atoms with Gasteiger partial charge in [-0.1, -0.05) is 0 Å². The molecule has 1 saturated carbocycles. The van der Waals surface area contributed by atoms with E-state index < -0.39 is 11.7 Å². The predicted octanol–water partition coefficient (Wildman–Crippen LogP) is 3.07. The molecule has 178 valence electrons. The number of hydrogen-bond acceptors (Lipinski definition) is 7. The molecule has 10 heteroatoms. The van der Waals surface area contributed by atoms with Gasteiger partial charge >= 0.3 is 0 Å². The molecule has 1 amide bonds. The second-order valence-electron chi connectivity index (χ2n) is 9.25. The van der Waals surface area contributed by atoms with Crippen molar-refractivity contribution in [3.05, 3.63) is 48.2 Å². The zero-order valence-electron chi connectivity index (χ0n) is 19.3. The number of carbonyl (C=O) groups excluding carboxylic acids is 1. The normalized spacial score (nSPS) is 22.4. The lowest BCUT2D eigenvalue weighted by Gasteiger charge is -2.35. The first kappa shape index (κ1) is 22.4. The van der Waals surface area contributed by atoms with Gasteiger partial charge in [-0.2, -0.15) is 0 Å². The van der Waals surface area contributed by atoms with Crippen LogP contribution < -0.4 is 10.2 Å². The summed E-state index contributed by atoms with van der Waals surface area (Å²) in [5.41, 5.74) is 1.81. The molecule has 2 fully saturated rings. The SMILES string of the molecule is CN(C)c1nccc(-c2[nH]c(C3OCC(C)(C(=O)NC4CC4)CO3)nc2-c2ccc(F)cc2)n1. The molecule has 0 atom stereocenters. The summed E-state index contributed by atoms with van der Waals surface area (Å²) in [6.45, 7) is 2.24. The molecule has 5 rings (SSSR count). The van der Waals surface area contributed by atoms with Gasteiger partial charge in [0.1, 0.15) is 5.82 Å². The molecule has 2 N–H and O–H groups in total. The molecule has 1 aromatic carbocycles. The fourth-order valence-corrected chi connectivity index (χ4v) is 3.69. The summed E-state index contributed by atoms with van der Waals surface area (Å²) in [6.07, 6.45) is 2.94. The molecule has 0 bridgehead atoms. The maximum Gasteiger partial charge on any atom is 0.230 e. The number of imidazole rings is 1. The van der Waals surface area contributed by atoms with Crippen molar-refractivity contribution in [2.45, 2.75) is 32.1 Å². The number of nitrogens with one attached hydrogen (secondary N) is 2. The number of rotatable bonds is 6. The van der Waals surface area contributed by atoms with Crippen molar-refractivity contribution in [2.75, 3.05) is 32.2 Å². The van der Waals surface area contributed by atoms with E-state index in [0.717, 1.165) is 12.8 Å². The molecule has 1 aliphatic carbocycles. The Bertz CT molecular complexity index is 1180. The smallest absolute Gasteiger partial charge is 0.230 e. The highest BCUT2D eigenvalue weighted by Crippen LogP contribution is 2.36. The molecule has 0 unspecified atom stereocenters. The van der Waals surface area contributed by atoms with Crippen molar-refractivity contribution in [3.63, 3.8) is 0 Å². The van der Waals surface area contributed by atoms with Crippen LogP contribution in [0.15, 0.2) is 36.5 Å². The van der Waals surface area contributed by atoms with Crippen LogP contribution in [-0.2, 0) is 14.3 Å². The van der Waals surface area contributed by atoms with Gasteiger partial charge in [0.25, 0.3) is 0 Å². The highest BCUT2D eigenvalue weighted by molar-refractivity contribution is 5.83. The molecule has 0 spiro atoms. The van der Waals surface area contributed by atoms with Gasteiger partial charge < -0.3 is 24.7 Å². The number of halogens is 1. The number of anilines is 1. The standard InChI is InChI=1S/C24H27FN6O3/c1-24(22(32)27-16-8-9-16)12-33-21(34-13-24)20-29-18(14-4-6-15(25)7-5-14)19(30-20)17-10-11-26-23(28-17)31(2)3/h4-7,10-11,16,21H,8-9,12-13H2,1-3H3,(H,27,32)(H,29,30). The summed E-state index contributed by atoms with van der Waals surface area (Å²) >= 11 is 0. The maximum atomic E-state index is 13.6. The lowest BCUT2D eigenvalue weighted by molar-refractivity contribution is -0.231. The molecule has 0 radical (unpaired) electrons. The first-order valence-corrected chi connectivity index (χ1v) is 11.2. The summed E-state index contributed by atoms with van der Waals surface area (Å²) in [6, 6.07) is 8.14. The van der Waals surface area contributed by atoms with Crippen LogP contribution in [0.1, 0.15) is 31.9 Å². The van der Waals surface area contributed by atoms with E-state index >= 15 is 0 Å². The van der Waals surface area contributed by atoms with Crippen LogP contribution >= 0.6 is 0 Å². The monoisotopic (exact) mass is 466 g/mol. The summed E-state index contributed by atoms with van der Waals surface area (Å²) in [5, 5.41) is 3.02. The van der Waals surface area contributed by atoms with E-state index in [-0.39, 0.29) is 31.0 Å². The Kier molecular flexibility index (Phi) is 5.78. The molecule has 2 aliphatic rings. The third-order valence-corrected chi connectivity index (χ3v) is 5.93. The van der Waals surface area contributed by atoms with Gasteiger partial charge in [0.15, 0.2) is 5.82 Å². The minimum Gasteiger partial charge on any atom is -0.353 e.